The van der Waals surface area contributed by atoms with Gasteiger partial charge in [0.25, 0.3) is 0 Å². The maximum atomic E-state index is 14.8. The summed E-state index contributed by atoms with van der Waals surface area (Å²) in [4.78, 5) is 43.2. The largest absolute Gasteiger partial charge is 0.292 e. The van der Waals surface area contributed by atoms with E-state index < -0.39 is 4.08 Å². The highest BCUT2D eigenvalue weighted by molar-refractivity contribution is 8.19. The van der Waals surface area contributed by atoms with Crippen LogP contribution in [0.25, 0.3) is 11.4 Å². The lowest BCUT2D eigenvalue weighted by Crippen LogP contribution is -2.31. The Morgan fingerprint density at radius 2 is 1.14 bits per heavy atom. The number of fused-ring (bicyclic) bond motifs is 1. The molecular weight excluding hydrogens is 755 g/mol. The third kappa shape index (κ3) is 9.72. The number of amides is 2. The van der Waals surface area contributed by atoms with Crippen molar-refractivity contribution in [3.05, 3.63) is 90.0 Å². The Hall–Kier alpha value is -4.69. The number of anilines is 1. The van der Waals surface area contributed by atoms with Crippen LogP contribution in [-0.4, -0.2) is 62.1 Å². The Morgan fingerprint density at radius 3 is 1.67 bits per heavy atom. The molecular formula is C43H51N9O3S2. The van der Waals surface area contributed by atoms with Crippen molar-refractivity contribution in [2.45, 2.75) is 130 Å². The fourth-order valence-corrected chi connectivity index (χ4v) is 10.5. The number of carbonyl (C=O) groups is 3. The van der Waals surface area contributed by atoms with E-state index in [0.29, 0.717) is 34.4 Å². The molecule has 12 nitrogen and oxygen atoms in total. The first-order valence-electron chi connectivity index (χ1n) is 20.6. The summed E-state index contributed by atoms with van der Waals surface area (Å²) in [5.74, 6) is -0.936. The minimum atomic E-state index is -1.21. The highest BCUT2D eigenvalue weighted by Crippen LogP contribution is 2.53. The van der Waals surface area contributed by atoms with Crippen molar-refractivity contribution >= 4 is 46.8 Å². The van der Waals surface area contributed by atoms with Gasteiger partial charge in [-0.2, -0.15) is 9.36 Å². The van der Waals surface area contributed by atoms with Crippen molar-refractivity contribution < 1.29 is 14.4 Å². The normalized spacial score (nSPS) is 16.2. The third-order valence-electron chi connectivity index (χ3n) is 10.9. The van der Waals surface area contributed by atoms with E-state index in [2.05, 4.69) is 38.0 Å². The predicted octanol–water partition coefficient (Wildman–Crippen LogP) is 9.41. The summed E-state index contributed by atoms with van der Waals surface area (Å²) >= 11 is 2.48. The second-order valence-electron chi connectivity index (χ2n) is 15.1. The number of para-hydroxylation sites is 2. The summed E-state index contributed by atoms with van der Waals surface area (Å²) in [7, 11) is 0. The molecule has 0 saturated carbocycles. The van der Waals surface area contributed by atoms with Crippen LogP contribution < -0.4 is 4.90 Å². The molecule has 0 unspecified atom stereocenters. The molecule has 7 rings (SSSR count). The van der Waals surface area contributed by atoms with Crippen LogP contribution in [0, 0.1) is 5.92 Å². The van der Waals surface area contributed by atoms with E-state index >= 15 is 0 Å². The molecule has 1 aliphatic carbocycles. The Balaban J connectivity index is 0.999. The van der Waals surface area contributed by atoms with Crippen LogP contribution in [0.5, 0.6) is 0 Å². The fraction of sp³-hybridized carbons (Fsp3) is 0.465. The molecule has 0 radical (unpaired) electrons. The minimum Gasteiger partial charge on any atom is -0.292 e. The molecule has 3 aromatic carbocycles. The number of ketones is 1. The molecule has 2 aliphatic rings. The fourth-order valence-electron chi connectivity index (χ4n) is 7.81. The van der Waals surface area contributed by atoms with Gasteiger partial charge in [-0.15, -0.1) is 10.2 Å². The van der Waals surface area contributed by atoms with Crippen LogP contribution in [0.15, 0.2) is 89.2 Å². The molecule has 1 aliphatic heterocycles. The number of imide groups is 1. The Kier molecular flexibility index (Phi) is 14.0. The first kappa shape index (κ1) is 40.5. The molecule has 0 spiro atoms. The Morgan fingerprint density at radius 1 is 0.632 bits per heavy atom. The molecule has 5 aromatic rings. The van der Waals surface area contributed by atoms with Gasteiger partial charge in [0.15, 0.2) is 5.78 Å². The summed E-state index contributed by atoms with van der Waals surface area (Å²) in [6, 6.07) is 24.3. The number of unbranched alkanes of at least 4 members (excludes halogenated alkanes) is 13. The zero-order valence-corrected chi connectivity index (χ0v) is 34.3. The summed E-state index contributed by atoms with van der Waals surface area (Å²) in [5, 5.41) is 25.9. The molecule has 2 amide bonds. The van der Waals surface area contributed by atoms with Gasteiger partial charge in [-0.05, 0) is 69.2 Å². The maximum Gasteiger partial charge on any atom is 0.237 e. The smallest absolute Gasteiger partial charge is 0.237 e. The van der Waals surface area contributed by atoms with Gasteiger partial charge in [-0.3, -0.25) is 19.3 Å². The molecule has 298 valence electrons. The van der Waals surface area contributed by atoms with Crippen molar-refractivity contribution in [1.29, 1.82) is 0 Å². The van der Waals surface area contributed by atoms with Gasteiger partial charge < -0.3 is 0 Å². The van der Waals surface area contributed by atoms with Crippen LogP contribution in [0.4, 0.5) is 5.69 Å². The van der Waals surface area contributed by atoms with Crippen molar-refractivity contribution in [2.24, 2.45) is 5.92 Å². The third-order valence-corrected chi connectivity index (χ3v) is 13.6. The molecule has 1 saturated heterocycles. The van der Waals surface area contributed by atoms with E-state index in [4.69, 9.17) is 0 Å². The second-order valence-corrected chi connectivity index (χ2v) is 17.9. The first-order valence-corrected chi connectivity index (χ1v) is 22.2. The van der Waals surface area contributed by atoms with E-state index in [9.17, 15) is 14.4 Å². The highest BCUT2D eigenvalue weighted by Gasteiger charge is 2.51. The van der Waals surface area contributed by atoms with Crippen LogP contribution >= 0.6 is 23.5 Å². The number of nitrogens with zero attached hydrogens (tertiary/aromatic N) is 9. The van der Waals surface area contributed by atoms with Gasteiger partial charge in [-0.25, -0.2) is 0 Å². The average molecular weight is 806 g/mol. The number of hydrogen-bond acceptors (Lipinski definition) is 11. The summed E-state index contributed by atoms with van der Waals surface area (Å²) in [6.45, 7) is 2.26. The van der Waals surface area contributed by atoms with E-state index in [1.807, 2.05) is 66.7 Å². The van der Waals surface area contributed by atoms with Crippen LogP contribution in [0.2, 0.25) is 0 Å². The number of thioether (sulfide) groups is 2. The molecule has 2 aromatic heterocycles. The first-order chi connectivity index (χ1) is 28.0. The Labute approximate surface area is 342 Å². The van der Waals surface area contributed by atoms with Crippen LogP contribution in [0.1, 0.15) is 126 Å². The summed E-state index contributed by atoms with van der Waals surface area (Å²) < 4.78 is 2.00. The number of tetrazole rings is 2. The van der Waals surface area contributed by atoms with E-state index in [1.165, 1.54) is 99.1 Å². The minimum absolute atomic E-state index is 0.181. The van der Waals surface area contributed by atoms with Gasteiger partial charge in [-0.1, -0.05) is 163 Å². The van der Waals surface area contributed by atoms with Gasteiger partial charge in [0, 0.05) is 24.3 Å². The lowest BCUT2D eigenvalue weighted by molar-refractivity contribution is -0.122. The number of Topliss-reactive ketones (excluding diaryl/α,β-unsaturated/α-hetero) is 1. The van der Waals surface area contributed by atoms with Crippen molar-refractivity contribution in [1.82, 2.24) is 40.4 Å². The van der Waals surface area contributed by atoms with E-state index in [1.54, 1.807) is 21.5 Å². The van der Waals surface area contributed by atoms with Crippen molar-refractivity contribution in [3.63, 3.8) is 0 Å². The van der Waals surface area contributed by atoms with Gasteiger partial charge >= 0.3 is 0 Å². The van der Waals surface area contributed by atoms with Crippen LogP contribution in [0.3, 0.4) is 0 Å². The zero-order valence-electron chi connectivity index (χ0n) is 32.7. The standard InChI is InChI=1S/C43H51N9O3S2/c1-2-3-4-5-6-7-8-9-10-11-12-13-14-17-22-32-29-38(53)50(40(32)55)36-28-27-33-31-43(39(54)37(33)30-36,56-41-44-46-48-51(41)34-23-18-15-19-24-34)57-42-45-47-49-52(42)35-25-20-16-21-26-35/h15-16,18-21,23-28,30,32H,2-14,17,22,29,31H2,1H3/t32-/m1/s1. The molecule has 14 heteroatoms. The highest BCUT2D eigenvalue weighted by atomic mass is 32.2. The molecule has 0 bridgehead atoms. The molecule has 0 N–H and O–H groups in total. The number of benzene rings is 3. The topological polar surface area (TPSA) is 142 Å². The molecule has 3 heterocycles. The quantitative estimate of drug-likeness (QED) is 0.0375. The average Bonchev–Trinajstić information content (AvgIpc) is 4.01. The SMILES string of the molecule is CCCCCCCCCCCCCCCC[C@@H]1CC(=O)N(c2ccc3c(c2)C(=O)C(Sc2nnnn2-c2ccccc2)(Sc2nnnn2-c2ccccc2)C3)C1=O. The van der Waals surface area contributed by atoms with Crippen molar-refractivity contribution in [3.8, 4) is 11.4 Å². The van der Waals surface area contributed by atoms with Gasteiger partial charge in [0.1, 0.15) is 4.08 Å². The summed E-state index contributed by atoms with van der Waals surface area (Å²) in [5.41, 5.74) is 3.16. The second kappa shape index (κ2) is 19.6. The van der Waals surface area contributed by atoms with E-state index in [-0.39, 0.29) is 29.9 Å². The van der Waals surface area contributed by atoms with Gasteiger partial charge in [0.05, 0.1) is 17.1 Å². The van der Waals surface area contributed by atoms with Crippen LogP contribution in [-0.2, 0) is 16.0 Å². The number of rotatable bonds is 22. The monoisotopic (exact) mass is 805 g/mol. The Bertz CT molecular complexity index is 2030. The molecule has 1 atom stereocenters. The van der Waals surface area contributed by atoms with E-state index in [0.717, 1.165) is 36.2 Å². The molecule has 1 fully saturated rings. The number of hydrogen-bond donors (Lipinski definition) is 0. The lowest BCUT2D eigenvalue weighted by atomic mass is 9.98. The molecule has 57 heavy (non-hydrogen) atoms. The lowest BCUT2D eigenvalue weighted by Gasteiger charge is -2.24. The zero-order chi connectivity index (χ0) is 39.5. The maximum absolute atomic E-state index is 14.8. The van der Waals surface area contributed by atoms with Gasteiger partial charge in [0.2, 0.25) is 22.1 Å². The predicted molar refractivity (Wildman–Crippen MR) is 223 cm³/mol. The van der Waals surface area contributed by atoms with Crippen molar-refractivity contribution in [2.75, 3.05) is 4.90 Å². The number of aromatic nitrogens is 8. The number of carbonyl (C=O) groups excluding carboxylic acids is 3. The summed E-state index contributed by atoms with van der Waals surface area (Å²) in [6.07, 6.45) is 19.0.